The summed E-state index contributed by atoms with van der Waals surface area (Å²) >= 11 is 0. The predicted octanol–water partition coefficient (Wildman–Crippen LogP) is 0.903. The second-order valence-electron chi connectivity index (χ2n) is 3.33. The first-order valence-corrected chi connectivity index (χ1v) is 4.63. The van der Waals surface area contributed by atoms with Crippen LogP contribution in [-0.4, -0.2) is 30.5 Å². The molecule has 0 saturated heterocycles. The Morgan fingerprint density at radius 1 is 1.50 bits per heavy atom. The molecule has 3 N–H and O–H groups in total. The normalized spacial score (nSPS) is 16.0. The number of aliphatic hydroxyl groups excluding tert-OH is 1. The van der Waals surface area contributed by atoms with Gasteiger partial charge in [0.15, 0.2) is 0 Å². The zero-order chi connectivity index (χ0) is 9.45. The number of nitrogens with two attached hydrogens (primary N) is 1. The smallest absolute Gasteiger partial charge is 0.0777 e. The summed E-state index contributed by atoms with van der Waals surface area (Å²) in [5.41, 5.74) is 5.34. The van der Waals surface area contributed by atoms with E-state index >= 15 is 0 Å². The van der Waals surface area contributed by atoms with E-state index < -0.39 is 0 Å². The number of hydrogen-bond donors (Lipinski definition) is 2. The van der Waals surface area contributed by atoms with Crippen molar-refractivity contribution in [3.05, 3.63) is 0 Å². The fourth-order valence-corrected chi connectivity index (χ4v) is 1.08. The zero-order valence-electron chi connectivity index (χ0n) is 8.18. The van der Waals surface area contributed by atoms with Gasteiger partial charge in [-0.15, -0.1) is 0 Å². The van der Waals surface area contributed by atoms with Crippen molar-refractivity contribution in [2.75, 3.05) is 19.8 Å². The molecule has 0 saturated carbocycles. The first-order valence-electron chi connectivity index (χ1n) is 4.63. The van der Waals surface area contributed by atoms with Gasteiger partial charge in [0.05, 0.1) is 18.8 Å². The lowest BCUT2D eigenvalue weighted by Crippen LogP contribution is -2.38. The second-order valence-corrected chi connectivity index (χ2v) is 3.33. The van der Waals surface area contributed by atoms with Gasteiger partial charge in [0.25, 0.3) is 0 Å². The highest BCUT2D eigenvalue weighted by Crippen LogP contribution is 2.16. The van der Waals surface area contributed by atoms with Gasteiger partial charge in [-0.1, -0.05) is 19.8 Å². The van der Waals surface area contributed by atoms with Crippen LogP contribution >= 0.6 is 0 Å². The van der Waals surface area contributed by atoms with E-state index in [4.69, 9.17) is 15.6 Å². The molecular weight excluding hydrogens is 154 g/mol. The maximum atomic E-state index is 8.58. The highest BCUT2D eigenvalue weighted by atomic mass is 16.5. The third-order valence-corrected chi connectivity index (χ3v) is 2.03. The standard InChI is InChI=1S/C9H21NO2/c1-3-4-5-9(2,8-10)12-7-6-11/h11H,3-8,10H2,1-2H3. The molecule has 12 heavy (non-hydrogen) atoms. The van der Waals surface area contributed by atoms with Crippen LogP contribution < -0.4 is 5.73 Å². The molecule has 0 bridgehead atoms. The van der Waals surface area contributed by atoms with Crippen LogP contribution in [0.5, 0.6) is 0 Å². The van der Waals surface area contributed by atoms with Crippen molar-refractivity contribution >= 4 is 0 Å². The van der Waals surface area contributed by atoms with Crippen LogP contribution in [0, 0.1) is 0 Å². The van der Waals surface area contributed by atoms with E-state index in [1.807, 2.05) is 6.92 Å². The molecule has 0 aromatic heterocycles. The summed E-state index contributed by atoms with van der Waals surface area (Å²) in [7, 11) is 0. The number of hydrogen-bond acceptors (Lipinski definition) is 3. The number of rotatable bonds is 7. The maximum absolute atomic E-state index is 8.58. The van der Waals surface area contributed by atoms with Crippen molar-refractivity contribution in [2.45, 2.75) is 38.7 Å². The lowest BCUT2D eigenvalue weighted by Gasteiger charge is -2.28. The first-order chi connectivity index (χ1) is 5.68. The molecule has 0 heterocycles. The minimum atomic E-state index is -0.237. The highest BCUT2D eigenvalue weighted by molar-refractivity contribution is 4.75. The van der Waals surface area contributed by atoms with Crippen LogP contribution in [0.25, 0.3) is 0 Å². The summed E-state index contributed by atoms with van der Waals surface area (Å²) in [5, 5.41) is 8.58. The zero-order valence-corrected chi connectivity index (χ0v) is 8.18. The van der Waals surface area contributed by atoms with E-state index in [9.17, 15) is 0 Å². The average Bonchev–Trinajstić information content (AvgIpc) is 2.11. The summed E-state index contributed by atoms with van der Waals surface area (Å²) in [6.07, 6.45) is 3.25. The molecule has 1 unspecified atom stereocenters. The average molecular weight is 175 g/mol. The third-order valence-electron chi connectivity index (χ3n) is 2.03. The van der Waals surface area contributed by atoms with Gasteiger partial charge in [0.2, 0.25) is 0 Å². The quantitative estimate of drug-likeness (QED) is 0.604. The molecule has 0 aliphatic carbocycles. The molecule has 74 valence electrons. The molecule has 3 heteroatoms. The van der Waals surface area contributed by atoms with Crippen molar-refractivity contribution in [3.8, 4) is 0 Å². The molecule has 0 radical (unpaired) electrons. The lowest BCUT2D eigenvalue weighted by atomic mass is 9.99. The topological polar surface area (TPSA) is 55.5 Å². The molecule has 3 nitrogen and oxygen atoms in total. The molecular formula is C9H21NO2. The molecule has 0 rings (SSSR count). The van der Waals surface area contributed by atoms with Crippen LogP contribution in [0.4, 0.5) is 0 Å². The Morgan fingerprint density at radius 3 is 2.58 bits per heavy atom. The molecule has 0 spiro atoms. The van der Waals surface area contributed by atoms with Gasteiger partial charge in [-0.2, -0.15) is 0 Å². The fourth-order valence-electron chi connectivity index (χ4n) is 1.08. The molecule has 0 fully saturated rings. The van der Waals surface area contributed by atoms with Crippen LogP contribution in [0.15, 0.2) is 0 Å². The Morgan fingerprint density at radius 2 is 2.17 bits per heavy atom. The Labute approximate surface area is 74.9 Å². The minimum Gasteiger partial charge on any atom is -0.394 e. The van der Waals surface area contributed by atoms with Gasteiger partial charge in [-0.25, -0.2) is 0 Å². The largest absolute Gasteiger partial charge is 0.394 e. The molecule has 1 atom stereocenters. The summed E-state index contributed by atoms with van der Waals surface area (Å²) in [6.45, 7) is 5.12. The Hall–Kier alpha value is -0.120. The summed E-state index contributed by atoms with van der Waals surface area (Å²) in [4.78, 5) is 0. The number of unbranched alkanes of at least 4 members (excludes halogenated alkanes) is 1. The van der Waals surface area contributed by atoms with E-state index in [0.29, 0.717) is 13.2 Å². The summed E-state index contributed by atoms with van der Waals surface area (Å²) < 4.78 is 5.46. The Balaban J connectivity index is 3.70. The monoisotopic (exact) mass is 175 g/mol. The van der Waals surface area contributed by atoms with E-state index in [-0.39, 0.29) is 12.2 Å². The summed E-state index contributed by atoms with van der Waals surface area (Å²) in [5.74, 6) is 0. The maximum Gasteiger partial charge on any atom is 0.0777 e. The molecule has 0 aliphatic heterocycles. The third kappa shape index (κ3) is 4.70. The molecule has 0 aromatic rings. The van der Waals surface area contributed by atoms with Gasteiger partial charge in [-0.3, -0.25) is 0 Å². The van der Waals surface area contributed by atoms with Crippen LogP contribution in [0.3, 0.4) is 0 Å². The van der Waals surface area contributed by atoms with E-state index in [0.717, 1.165) is 19.3 Å². The van der Waals surface area contributed by atoms with Crippen molar-refractivity contribution in [1.29, 1.82) is 0 Å². The van der Waals surface area contributed by atoms with Crippen LogP contribution in [0.1, 0.15) is 33.1 Å². The second kappa shape index (κ2) is 6.40. The number of aliphatic hydroxyl groups is 1. The number of ether oxygens (including phenoxy) is 1. The van der Waals surface area contributed by atoms with Gasteiger partial charge >= 0.3 is 0 Å². The van der Waals surface area contributed by atoms with Crippen molar-refractivity contribution in [1.82, 2.24) is 0 Å². The van der Waals surface area contributed by atoms with Gasteiger partial charge in [0, 0.05) is 6.54 Å². The van der Waals surface area contributed by atoms with Gasteiger partial charge < -0.3 is 15.6 Å². The van der Waals surface area contributed by atoms with Crippen molar-refractivity contribution in [3.63, 3.8) is 0 Å². The lowest BCUT2D eigenvalue weighted by molar-refractivity contribution is -0.0456. The van der Waals surface area contributed by atoms with Crippen molar-refractivity contribution in [2.24, 2.45) is 5.73 Å². The SMILES string of the molecule is CCCCC(C)(CN)OCCO. The minimum absolute atomic E-state index is 0.0711. The van der Waals surface area contributed by atoms with E-state index in [1.54, 1.807) is 0 Å². The molecule has 0 aliphatic rings. The van der Waals surface area contributed by atoms with Crippen LogP contribution in [-0.2, 0) is 4.74 Å². The Kier molecular flexibility index (Phi) is 6.34. The van der Waals surface area contributed by atoms with Crippen LogP contribution in [0.2, 0.25) is 0 Å². The summed E-state index contributed by atoms with van der Waals surface area (Å²) in [6, 6.07) is 0. The van der Waals surface area contributed by atoms with Crippen molar-refractivity contribution < 1.29 is 9.84 Å². The highest BCUT2D eigenvalue weighted by Gasteiger charge is 2.21. The van der Waals surface area contributed by atoms with E-state index in [2.05, 4.69) is 6.92 Å². The van der Waals surface area contributed by atoms with E-state index in [1.165, 1.54) is 0 Å². The Bertz CT molecular complexity index is 98.7. The molecule has 0 amide bonds. The first kappa shape index (κ1) is 11.9. The predicted molar refractivity (Wildman–Crippen MR) is 50.0 cm³/mol. The molecule has 0 aromatic carbocycles. The van der Waals surface area contributed by atoms with Gasteiger partial charge in [0.1, 0.15) is 0 Å². The van der Waals surface area contributed by atoms with Gasteiger partial charge in [-0.05, 0) is 13.3 Å². The fraction of sp³-hybridized carbons (Fsp3) is 1.00.